The molecule has 29 heavy (non-hydrogen) atoms. The van der Waals surface area contributed by atoms with E-state index in [1.54, 1.807) is 4.90 Å². The number of nitro benzene ring substituents is 1. The fourth-order valence-corrected chi connectivity index (χ4v) is 5.04. The fourth-order valence-electron chi connectivity index (χ4n) is 3.58. The fraction of sp³-hybridized carbons (Fsp3) is 0.316. The average Bonchev–Trinajstić information content (AvgIpc) is 3.17. The second-order valence-electron chi connectivity index (χ2n) is 6.90. The first-order valence-corrected chi connectivity index (χ1v) is 10.6. The number of rotatable bonds is 4. The highest BCUT2D eigenvalue weighted by molar-refractivity contribution is 7.89. The van der Waals surface area contributed by atoms with Crippen LogP contribution in [-0.4, -0.2) is 60.7 Å². The van der Waals surface area contributed by atoms with Crippen LogP contribution in [0.5, 0.6) is 5.75 Å². The molecule has 2 aliphatic heterocycles. The van der Waals surface area contributed by atoms with E-state index in [-0.39, 0.29) is 42.7 Å². The smallest absolute Gasteiger partial charge is 0.270 e. The molecule has 0 bridgehead atoms. The van der Waals surface area contributed by atoms with Gasteiger partial charge in [0.25, 0.3) is 11.6 Å². The molecular formula is C19H19N3O6S. The first kappa shape index (κ1) is 19.3. The number of fused-ring (bicyclic) bond motifs is 1. The maximum atomic E-state index is 12.8. The molecule has 0 aliphatic carbocycles. The Hall–Kier alpha value is -2.98. The third-order valence-electron chi connectivity index (χ3n) is 5.14. The Balaban J connectivity index is 1.41. The highest BCUT2D eigenvalue weighted by Gasteiger charge is 2.36. The maximum Gasteiger partial charge on any atom is 0.270 e. The third-order valence-corrected chi connectivity index (χ3v) is 7.03. The Morgan fingerprint density at radius 1 is 1.07 bits per heavy atom. The van der Waals surface area contributed by atoms with Crippen molar-refractivity contribution >= 4 is 21.6 Å². The highest BCUT2D eigenvalue weighted by Crippen LogP contribution is 2.29. The van der Waals surface area contributed by atoms with Gasteiger partial charge in [-0.15, -0.1) is 0 Å². The molecule has 2 heterocycles. The van der Waals surface area contributed by atoms with E-state index in [1.807, 2.05) is 24.3 Å². The van der Waals surface area contributed by atoms with Gasteiger partial charge >= 0.3 is 0 Å². The summed E-state index contributed by atoms with van der Waals surface area (Å²) in [4.78, 5) is 24.5. The second-order valence-corrected chi connectivity index (χ2v) is 8.84. The summed E-state index contributed by atoms with van der Waals surface area (Å²) in [6, 6.07) is 12.5. The molecule has 1 saturated heterocycles. The molecule has 9 nitrogen and oxygen atoms in total. The summed E-state index contributed by atoms with van der Waals surface area (Å²) in [6.45, 7) is 0.721. The summed E-state index contributed by atoms with van der Waals surface area (Å²) in [6.07, 6.45) is -0.0892. The molecule has 1 fully saturated rings. The Bertz CT molecular complexity index is 1040. The molecule has 152 valence electrons. The lowest BCUT2D eigenvalue weighted by molar-refractivity contribution is -0.385. The first-order valence-electron chi connectivity index (χ1n) is 9.14. The predicted octanol–water partition coefficient (Wildman–Crippen LogP) is 1.43. The van der Waals surface area contributed by atoms with E-state index in [0.29, 0.717) is 12.2 Å². The normalized spacial score (nSPS) is 19.4. The summed E-state index contributed by atoms with van der Waals surface area (Å²) in [5.74, 6) is 0.548. The van der Waals surface area contributed by atoms with Crippen molar-refractivity contribution in [1.29, 1.82) is 0 Å². The van der Waals surface area contributed by atoms with E-state index in [1.165, 1.54) is 22.5 Å². The minimum Gasteiger partial charge on any atom is -0.480 e. The summed E-state index contributed by atoms with van der Waals surface area (Å²) in [5.41, 5.74) is 0.704. The SMILES string of the molecule is O=C([C@@H]1Cc2ccccc2O1)N1CCN(S(=O)(=O)c2cccc([N+](=O)[O-])c2)CC1. The zero-order chi connectivity index (χ0) is 20.6. The number of para-hydroxylation sites is 1. The number of ether oxygens (including phenoxy) is 1. The molecule has 2 aromatic rings. The lowest BCUT2D eigenvalue weighted by Gasteiger charge is -2.35. The van der Waals surface area contributed by atoms with Crippen molar-refractivity contribution in [3.05, 3.63) is 64.2 Å². The van der Waals surface area contributed by atoms with Gasteiger partial charge in [-0.1, -0.05) is 24.3 Å². The van der Waals surface area contributed by atoms with Crippen LogP contribution in [0, 0.1) is 10.1 Å². The number of benzene rings is 2. The number of sulfonamides is 1. The number of piperazine rings is 1. The van der Waals surface area contributed by atoms with Gasteiger partial charge in [-0.25, -0.2) is 8.42 Å². The predicted molar refractivity (Wildman–Crippen MR) is 103 cm³/mol. The van der Waals surface area contributed by atoms with Crippen LogP contribution in [0.25, 0.3) is 0 Å². The van der Waals surface area contributed by atoms with Crippen LogP contribution in [0.15, 0.2) is 53.4 Å². The zero-order valence-electron chi connectivity index (χ0n) is 15.4. The number of carbonyl (C=O) groups is 1. The summed E-state index contributed by atoms with van der Waals surface area (Å²) >= 11 is 0. The van der Waals surface area contributed by atoms with Gasteiger partial charge in [0, 0.05) is 44.7 Å². The molecule has 1 atom stereocenters. The number of carbonyl (C=O) groups excluding carboxylic acids is 1. The molecule has 2 aliphatic rings. The van der Waals surface area contributed by atoms with Gasteiger partial charge in [0.2, 0.25) is 10.0 Å². The molecule has 0 saturated carbocycles. The summed E-state index contributed by atoms with van der Waals surface area (Å²) in [7, 11) is -3.87. The minimum atomic E-state index is -3.87. The molecule has 0 aromatic heterocycles. The van der Waals surface area contributed by atoms with E-state index in [0.717, 1.165) is 11.6 Å². The van der Waals surface area contributed by atoms with E-state index in [4.69, 9.17) is 4.74 Å². The Morgan fingerprint density at radius 2 is 1.79 bits per heavy atom. The topological polar surface area (TPSA) is 110 Å². The maximum absolute atomic E-state index is 12.8. The van der Waals surface area contributed by atoms with Crippen molar-refractivity contribution in [2.75, 3.05) is 26.2 Å². The van der Waals surface area contributed by atoms with Crippen LogP contribution in [0.1, 0.15) is 5.56 Å². The van der Waals surface area contributed by atoms with Crippen LogP contribution in [0.4, 0.5) is 5.69 Å². The molecule has 10 heteroatoms. The zero-order valence-corrected chi connectivity index (χ0v) is 16.2. The lowest BCUT2D eigenvalue weighted by Crippen LogP contribution is -2.53. The van der Waals surface area contributed by atoms with Crippen molar-refractivity contribution < 1.29 is 22.9 Å². The third kappa shape index (κ3) is 3.68. The monoisotopic (exact) mass is 417 g/mol. The van der Waals surface area contributed by atoms with Crippen LogP contribution in [0.3, 0.4) is 0 Å². The molecule has 2 aromatic carbocycles. The van der Waals surface area contributed by atoms with Gasteiger partial charge in [0.1, 0.15) is 5.75 Å². The van der Waals surface area contributed by atoms with Crippen molar-refractivity contribution in [3.8, 4) is 5.75 Å². The number of non-ortho nitro benzene ring substituents is 1. The van der Waals surface area contributed by atoms with Gasteiger partial charge < -0.3 is 9.64 Å². The van der Waals surface area contributed by atoms with Crippen molar-refractivity contribution in [1.82, 2.24) is 9.21 Å². The first-order chi connectivity index (χ1) is 13.9. The molecule has 1 amide bonds. The van der Waals surface area contributed by atoms with Gasteiger partial charge in [-0.05, 0) is 17.7 Å². The summed E-state index contributed by atoms with van der Waals surface area (Å²) in [5, 5.41) is 10.9. The minimum absolute atomic E-state index is 0.121. The number of hydrogen-bond donors (Lipinski definition) is 0. The Labute approximate surface area is 167 Å². The van der Waals surface area contributed by atoms with Crippen molar-refractivity contribution in [3.63, 3.8) is 0 Å². The Morgan fingerprint density at radius 3 is 2.48 bits per heavy atom. The van der Waals surface area contributed by atoms with Gasteiger partial charge in [-0.3, -0.25) is 14.9 Å². The summed E-state index contributed by atoms with van der Waals surface area (Å²) < 4.78 is 32.6. The quantitative estimate of drug-likeness (QED) is 0.550. The van der Waals surface area contributed by atoms with Crippen molar-refractivity contribution in [2.45, 2.75) is 17.4 Å². The Kier molecular flexibility index (Phi) is 4.97. The number of nitro groups is 1. The standard InChI is InChI=1S/C19H19N3O6S/c23-19(18-12-14-4-1-2-7-17(14)28-18)20-8-10-21(11-9-20)29(26,27)16-6-3-5-15(13-16)22(24)25/h1-7,13,18H,8-12H2/t18-/m0/s1. The highest BCUT2D eigenvalue weighted by atomic mass is 32.2. The van der Waals surface area contributed by atoms with Gasteiger partial charge in [0.05, 0.1) is 9.82 Å². The molecule has 0 radical (unpaired) electrons. The van der Waals surface area contributed by atoms with E-state index in [9.17, 15) is 23.3 Å². The van der Waals surface area contributed by atoms with Gasteiger partial charge in [0.15, 0.2) is 6.10 Å². The van der Waals surface area contributed by atoms with Crippen LogP contribution in [0.2, 0.25) is 0 Å². The number of hydrogen-bond acceptors (Lipinski definition) is 6. The largest absolute Gasteiger partial charge is 0.480 e. The molecule has 4 rings (SSSR count). The van der Waals surface area contributed by atoms with Crippen LogP contribution >= 0.6 is 0 Å². The molecule has 0 unspecified atom stereocenters. The lowest BCUT2D eigenvalue weighted by atomic mass is 10.1. The molecular weight excluding hydrogens is 398 g/mol. The van der Waals surface area contributed by atoms with Gasteiger partial charge in [-0.2, -0.15) is 4.31 Å². The molecule has 0 spiro atoms. The van der Waals surface area contributed by atoms with E-state index < -0.39 is 21.1 Å². The number of nitrogens with zero attached hydrogens (tertiary/aromatic N) is 3. The van der Waals surface area contributed by atoms with Crippen LogP contribution in [-0.2, 0) is 21.2 Å². The van der Waals surface area contributed by atoms with E-state index >= 15 is 0 Å². The second kappa shape index (κ2) is 7.45. The van der Waals surface area contributed by atoms with E-state index in [2.05, 4.69) is 0 Å². The molecule has 0 N–H and O–H groups in total. The number of amides is 1. The van der Waals surface area contributed by atoms with Crippen molar-refractivity contribution in [2.24, 2.45) is 0 Å². The average molecular weight is 417 g/mol. The van der Waals surface area contributed by atoms with Crippen LogP contribution < -0.4 is 4.74 Å².